The number of hydrogen-bond donors (Lipinski definition) is 0. The number of rotatable bonds is 4. The second kappa shape index (κ2) is 6.40. The Labute approximate surface area is 134 Å². The Hall–Kier alpha value is -2.01. The van der Waals surface area contributed by atoms with E-state index in [2.05, 4.69) is 0 Å². The number of carbonyl (C=O) groups is 2. The van der Waals surface area contributed by atoms with Crippen LogP contribution in [0.25, 0.3) is 5.69 Å². The first-order valence-electron chi connectivity index (χ1n) is 7.31. The largest absolute Gasteiger partial charge is 0.322 e. The van der Waals surface area contributed by atoms with Gasteiger partial charge in [0, 0.05) is 38.0 Å². The molecule has 1 aliphatic rings. The molecule has 0 aliphatic carbocycles. The summed E-state index contributed by atoms with van der Waals surface area (Å²) in [5.41, 5.74) is 1.93. The summed E-state index contributed by atoms with van der Waals surface area (Å²) < 4.78 is 2.01. The maximum absolute atomic E-state index is 12.4. The van der Waals surface area contributed by atoms with E-state index in [4.69, 9.17) is 0 Å². The number of amides is 1. The molecule has 1 saturated heterocycles. The van der Waals surface area contributed by atoms with Gasteiger partial charge in [0.2, 0.25) is 5.91 Å². The van der Waals surface area contributed by atoms with Gasteiger partial charge in [-0.25, -0.2) is 0 Å². The van der Waals surface area contributed by atoms with E-state index in [0.29, 0.717) is 18.7 Å². The van der Waals surface area contributed by atoms with E-state index in [1.807, 2.05) is 58.3 Å². The van der Waals surface area contributed by atoms with E-state index in [1.54, 1.807) is 6.92 Å². The van der Waals surface area contributed by atoms with E-state index >= 15 is 0 Å². The van der Waals surface area contributed by atoms with E-state index in [-0.39, 0.29) is 16.9 Å². The Balaban J connectivity index is 1.83. The Kier molecular flexibility index (Phi) is 4.34. The lowest BCUT2D eigenvalue weighted by atomic mass is 10.1. The average Bonchev–Trinajstić information content (AvgIpc) is 3.14. The van der Waals surface area contributed by atoms with Crippen molar-refractivity contribution in [3.8, 4) is 5.69 Å². The number of aromatic nitrogens is 1. The molecule has 0 radical (unpaired) electrons. The van der Waals surface area contributed by atoms with Crippen LogP contribution < -0.4 is 4.90 Å². The minimum Gasteiger partial charge on any atom is -0.322 e. The van der Waals surface area contributed by atoms with Crippen LogP contribution in [0, 0.1) is 5.92 Å². The van der Waals surface area contributed by atoms with Gasteiger partial charge in [0.25, 0.3) is 0 Å². The lowest BCUT2D eigenvalue weighted by Gasteiger charge is -2.20. The number of nitrogens with zero attached hydrogens (tertiary/aromatic N) is 2. The number of anilines is 1. The zero-order valence-corrected chi connectivity index (χ0v) is 13.3. The van der Waals surface area contributed by atoms with Crippen molar-refractivity contribution in [3.63, 3.8) is 0 Å². The third kappa shape index (κ3) is 3.09. The lowest BCUT2D eigenvalue weighted by Crippen LogP contribution is -2.26. The van der Waals surface area contributed by atoms with Gasteiger partial charge in [0.1, 0.15) is 0 Å². The van der Waals surface area contributed by atoms with Crippen LogP contribution in [0.5, 0.6) is 0 Å². The Morgan fingerprint density at radius 1 is 1.18 bits per heavy atom. The fourth-order valence-electron chi connectivity index (χ4n) is 2.77. The number of hydrogen-bond acceptors (Lipinski definition) is 3. The predicted molar refractivity (Wildman–Crippen MR) is 89.4 cm³/mol. The van der Waals surface area contributed by atoms with Gasteiger partial charge in [-0.2, -0.15) is 0 Å². The first-order valence-corrected chi connectivity index (χ1v) is 8.30. The van der Waals surface area contributed by atoms with Crippen molar-refractivity contribution in [1.29, 1.82) is 0 Å². The van der Waals surface area contributed by atoms with E-state index in [1.165, 1.54) is 11.8 Å². The maximum Gasteiger partial charge on any atom is 0.227 e. The topological polar surface area (TPSA) is 42.3 Å². The molecular formula is C17H18N2O2S. The van der Waals surface area contributed by atoms with Crippen LogP contribution in [0.1, 0.15) is 13.3 Å². The molecule has 1 unspecified atom stereocenters. The lowest BCUT2D eigenvalue weighted by molar-refractivity contribution is -0.117. The van der Waals surface area contributed by atoms with E-state index < -0.39 is 0 Å². The van der Waals surface area contributed by atoms with Crippen LogP contribution in [-0.2, 0) is 9.59 Å². The second-order valence-electron chi connectivity index (χ2n) is 5.46. The summed E-state index contributed by atoms with van der Waals surface area (Å²) >= 11 is 1.31. The van der Waals surface area contributed by atoms with Crippen LogP contribution in [-0.4, -0.2) is 27.9 Å². The Morgan fingerprint density at radius 2 is 1.86 bits per heavy atom. The summed E-state index contributed by atoms with van der Waals surface area (Å²) in [4.78, 5) is 25.3. The van der Waals surface area contributed by atoms with Crippen molar-refractivity contribution in [2.75, 3.05) is 17.2 Å². The molecule has 22 heavy (non-hydrogen) atoms. The van der Waals surface area contributed by atoms with Crippen molar-refractivity contribution in [3.05, 3.63) is 48.8 Å². The molecule has 1 aromatic heterocycles. The SMILES string of the molecule is CC(=O)SCC1CC(=O)N(c2ccccc2-n2cccc2)C1. The standard InChI is InChI=1S/C17H18N2O2S/c1-13(20)22-12-14-10-17(21)19(11-14)16-7-3-2-6-15(16)18-8-4-5-9-18/h2-9,14H,10-12H2,1H3. The summed E-state index contributed by atoms with van der Waals surface area (Å²) in [6, 6.07) is 11.9. The zero-order chi connectivity index (χ0) is 15.5. The van der Waals surface area contributed by atoms with Gasteiger partial charge in [-0.05, 0) is 30.2 Å². The normalized spacial score (nSPS) is 18.0. The highest BCUT2D eigenvalue weighted by Gasteiger charge is 2.32. The third-order valence-corrected chi connectivity index (χ3v) is 4.83. The molecule has 0 bridgehead atoms. The molecule has 2 heterocycles. The highest BCUT2D eigenvalue weighted by Crippen LogP contribution is 2.31. The van der Waals surface area contributed by atoms with Gasteiger partial charge < -0.3 is 9.47 Å². The number of benzene rings is 1. The third-order valence-electron chi connectivity index (χ3n) is 3.78. The molecule has 0 N–H and O–H groups in total. The molecule has 114 valence electrons. The highest BCUT2D eigenvalue weighted by atomic mass is 32.2. The summed E-state index contributed by atoms with van der Waals surface area (Å²) in [6.45, 7) is 2.25. The average molecular weight is 314 g/mol. The Morgan fingerprint density at radius 3 is 2.55 bits per heavy atom. The van der Waals surface area contributed by atoms with Crippen molar-refractivity contribution < 1.29 is 9.59 Å². The minimum atomic E-state index is 0.110. The molecule has 0 saturated carbocycles. The van der Waals surface area contributed by atoms with Gasteiger partial charge in [0.15, 0.2) is 5.12 Å². The monoisotopic (exact) mass is 314 g/mol. The summed E-state index contributed by atoms with van der Waals surface area (Å²) in [5.74, 6) is 1.08. The molecule has 1 aromatic carbocycles. The first-order chi connectivity index (χ1) is 10.6. The molecule has 1 aliphatic heterocycles. The summed E-state index contributed by atoms with van der Waals surface area (Å²) in [5, 5.41) is 0.110. The second-order valence-corrected chi connectivity index (χ2v) is 6.65. The van der Waals surface area contributed by atoms with Gasteiger partial charge in [-0.3, -0.25) is 9.59 Å². The molecule has 3 rings (SSSR count). The van der Waals surface area contributed by atoms with Gasteiger partial charge in [-0.15, -0.1) is 0 Å². The van der Waals surface area contributed by atoms with Crippen LogP contribution in [0.3, 0.4) is 0 Å². The predicted octanol–water partition coefficient (Wildman–Crippen LogP) is 3.11. The van der Waals surface area contributed by atoms with Crippen molar-refractivity contribution in [2.24, 2.45) is 5.92 Å². The van der Waals surface area contributed by atoms with Crippen LogP contribution in [0.15, 0.2) is 48.8 Å². The smallest absolute Gasteiger partial charge is 0.227 e. The quantitative estimate of drug-likeness (QED) is 0.871. The van der Waals surface area contributed by atoms with Gasteiger partial charge >= 0.3 is 0 Å². The molecular weight excluding hydrogens is 296 g/mol. The summed E-state index contributed by atoms with van der Waals surface area (Å²) in [6.07, 6.45) is 4.46. The molecule has 5 heteroatoms. The molecule has 2 aromatic rings. The minimum absolute atomic E-state index is 0.110. The molecule has 4 nitrogen and oxygen atoms in total. The number of carbonyl (C=O) groups excluding carboxylic acids is 2. The molecule has 1 atom stereocenters. The molecule has 0 spiro atoms. The van der Waals surface area contributed by atoms with Crippen molar-refractivity contribution >= 4 is 28.5 Å². The highest BCUT2D eigenvalue weighted by molar-refractivity contribution is 8.13. The fourth-order valence-corrected chi connectivity index (χ4v) is 3.46. The molecule has 1 fully saturated rings. The zero-order valence-electron chi connectivity index (χ0n) is 12.4. The van der Waals surface area contributed by atoms with E-state index in [9.17, 15) is 9.59 Å². The Bertz CT molecular complexity index is 682. The van der Waals surface area contributed by atoms with Crippen LogP contribution in [0.4, 0.5) is 5.69 Å². The van der Waals surface area contributed by atoms with Gasteiger partial charge in [0.05, 0.1) is 11.4 Å². The summed E-state index contributed by atoms with van der Waals surface area (Å²) in [7, 11) is 0. The number of thioether (sulfide) groups is 1. The van der Waals surface area contributed by atoms with Gasteiger partial charge in [-0.1, -0.05) is 23.9 Å². The van der Waals surface area contributed by atoms with Crippen LogP contribution in [0.2, 0.25) is 0 Å². The first kappa shape index (κ1) is 14.9. The fraction of sp³-hybridized carbons (Fsp3) is 0.294. The number of para-hydroxylation sites is 2. The van der Waals surface area contributed by atoms with Crippen molar-refractivity contribution in [1.82, 2.24) is 4.57 Å². The van der Waals surface area contributed by atoms with Crippen LogP contribution >= 0.6 is 11.8 Å². The molecule has 1 amide bonds. The maximum atomic E-state index is 12.4. The van der Waals surface area contributed by atoms with E-state index in [0.717, 1.165) is 11.4 Å². The van der Waals surface area contributed by atoms with Crippen molar-refractivity contribution in [2.45, 2.75) is 13.3 Å².